The second-order valence-electron chi connectivity index (χ2n) is 8.13. The summed E-state index contributed by atoms with van der Waals surface area (Å²) >= 11 is 0. The molecule has 1 saturated carbocycles. The molecule has 166 valence electrons. The number of halogens is 1. The fraction of sp³-hybridized carbons (Fsp3) is 0.417. The van der Waals surface area contributed by atoms with Gasteiger partial charge in [-0.3, -0.25) is 9.59 Å². The summed E-state index contributed by atoms with van der Waals surface area (Å²) in [6.45, 7) is -0.112. The Bertz CT molecular complexity index is 926. The van der Waals surface area contributed by atoms with Gasteiger partial charge in [-0.15, -0.1) is 0 Å². The van der Waals surface area contributed by atoms with E-state index in [0.29, 0.717) is 28.7 Å². The van der Waals surface area contributed by atoms with Crippen molar-refractivity contribution < 1.29 is 18.7 Å². The summed E-state index contributed by atoms with van der Waals surface area (Å²) in [5.41, 5.74) is 1.29. The highest BCUT2D eigenvalue weighted by Crippen LogP contribution is 2.29. The molecule has 0 unspecified atom stereocenters. The highest BCUT2D eigenvalue weighted by atomic mass is 19.1. The summed E-state index contributed by atoms with van der Waals surface area (Å²) in [6, 6.07) is 11.7. The molecular weight excluding hydrogens is 397 g/mol. The molecule has 0 radical (unpaired) electrons. The number of hydrogen-bond acceptors (Lipinski definition) is 4. The van der Waals surface area contributed by atoms with Crippen molar-refractivity contribution in [3.63, 3.8) is 0 Å². The highest BCUT2D eigenvalue weighted by Gasteiger charge is 2.21. The zero-order valence-electron chi connectivity index (χ0n) is 18.4. The van der Waals surface area contributed by atoms with E-state index in [0.717, 1.165) is 12.8 Å². The Morgan fingerprint density at radius 1 is 1.06 bits per heavy atom. The van der Waals surface area contributed by atoms with Crippen LogP contribution in [0.1, 0.15) is 42.5 Å². The van der Waals surface area contributed by atoms with Crippen LogP contribution in [0, 0.1) is 5.82 Å². The normalized spacial score (nSPS) is 14.1. The van der Waals surface area contributed by atoms with Crippen molar-refractivity contribution in [2.75, 3.05) is 38.0 Å². The van der Waals surface area contributed by atoms with Crippen LogP contribution in [0.3, 0.4) is 0 Å². The molecule has 1 aliphatic carbocycles. The maximum Gasteiger partial charge on any atom is 0.259 e. The third kappa shape index (κ3) is 5.96. The highest BCUT2D eigenvalue weighted by molar-refractivity contribution is 6.04. The molecule has 6 nitrogen and oxygen atoms in total. The average molecular weight is 428 g/mol. The number of nitrogens with one attached hydrogen (secondary N) is 1. The molecule has 0 atom stereocenters. The number of anilines is 2. The minimum absolute atomic E-state index is 0.112. The first kappa shape index (κ1) is 22.6. The van der Waals surface area contributed by atoms with Crippen molar-refractivity contribution in [1.82, 2.24) is 4.90 Å². The number of carbonyl (C=O) groups excluding carboxylic acids is 2. The monoisotopic (exact) mass is 427 g/mol. The van der Waals surface area contributed by atoms with Crippen LogP contribution in [0.25, 0.3) is 0 Å². The molecule has 0 bridgehead atoms. The number of hydrogen-bond donors (Lipinski definition) is 1. The fourth-order valence-electron chi connectivity index (χ4n) is 3.74. The molecule has 31 heavy (non-hydrogen) atoms. The predicted molar refractivity (Wildman–Crippen MR) is 120 cm³/mol. The van der Waals surface area contributed by atoms with Crippen LogP contribution in [-0.4, -0.2) is 50.5 Å². The average Bonchev–Trinajstić information content (AvgIpc) is 2.77. The quantitative estimate of drug-likeness (QED) is 0.715. The van der Waals surface area contributed by atoms with Crippen LogP contribution in [0.4, 0.5) is 15.8 Å². The lowest BCUT2D eigenvalue weighted by Gasteiger charge is -2.33. The Balaban J connectivity index is 1.64. The fourth-order valence-corrected chi connectivity index (χ4v) is 3.74. The topological polar surface area (TPSA) is 61.9 Å². The van der Waals surface area contributed by atoms with Crippen molar-refractivity contribution in [3.8, 4) is 5.75 Å². The lowest BCUT2D eigenvalue weighted by atomic mass is 9.94. The maximum atomic E-state index is 14.8. The third-order valence-corrected chi connectivity index (χ3v) is 5.67. The molecular formula is C24H30FN3O3. The summed E-state index contributed by atoms with van der Waals surface area (Å²) in [6.07, 6.45) is 5.75. The Kier molecular flexibility index (Phi) is 7.50. The second kappa shape index (κ2) is 10.3. The smallest absolute Gasteiger partial charge is 0.259 e. The minimum atomic E-state index is -0.378. The van der Waals surface area contributed by atoms with Crippen molar-refractivity contribution in [2.24, 2.45) is 0 Å². The van der Waals surface area contributed by atoms with Gasteiger partial charge in [0.25, 0.3) is 11.8 Å². The van der Waals surface area contributed by atoms with Gasteiger partial charge in [-0.1, -0.05) is 25.3 Å². The minimum Gasteiger partial charge on any atom is -0.484 e. The van der Waals surface area contributed by atoms with Crippen LogP contribution in [0.2, 0.25) is 0 Å². The second-order valence-corrected chi connectivity index (χ2v) is 8.13. The molecule has 1 aliphatic rings. The predicted octanol–water partition coefficient (Wildman–Crippen LogP) is 4.31. The van der Waals surface area contributed by atoms with Gasteiger partial charge >= 0.3 is 0 Å². The van der Waals surface area contributed by atoms with Crippen LogP contribution in [-0.2, 0) is 4.79 Å². The Morgan fingerprint density at radius 3 is 2.48 bits per heavy atom. The Hall–Kier alpha value is -3.09. The molecule has 2 aromatic rings. The molecule has 0 saturated heterocycles. The van der Waals surface area contributed by atoms with Gasteiger partial charge in [0, 0.05) is 38.4 Å². The number of rotatable bonds is 7. The van der Waals surface area contributed by atoms with Gasteiger partial charge in [0.05, 0.1) is 5.69 Å². The number of ether oxygens (including phenoxy) is 1. The molecule has 2 aromatic carbocycles. The standard InChI is InChI=1S/C24H30FN3O3/c1-27(2)23(29)16-31-20-11-7-8-17(14-20)24(30)26-18-12-13-22(21(25)15-18)28(3)19-9-5-4-6-10-19/h7-8,11-15,19H,4-6,9-10,16H2,1-3H3,(H,26,30). The van der Waals surface area contributed by atoms with E-state index in [4.69, 9.17) is 4.74 Å². The molecule has 7 heteroatoms. The summed E-state index contributed by atoms with van der Waals surface area (Å²) in [4.78, 5) is 27.7. The molecule has 0 heterocycles. The first-order valence-corrected chi connectivity index (χ1v) is 10.6. The first-order valence-electron chi connectivity index (χ1n) is 10.6. The van der Waals surface area contributed by atoms with Crippen molar-refractivity contribution >= 4 is 23.2 Å². The van der Waals surface area contributed by atoms with E-state index in [1.807, 2.05) is 11.9 Å². The number of likely N-dealkylation sites (N-methyl/N-ethyl adjacent to an activating group) is 1. The van der Waals surface area contributed by atoms with E-state index in [1.165, 1.54) is 30.2 Å². The Morgan fingerprint density at radius 2 is 1.81 bits per heavy atom. The number of carbonyl (C=O) groups is 2. The van der Waals surface area contributed by atoms with E-state index in [1.54, 1.807) is 50.5 Å². The molecule has 0 spiro atoms. The summed E-state index contributed by atoms with van der Waals surface area (Å²) in [5.74, 6) is -0.496. The van der Waals surface area contributed by atoms with E-state index in [9.17, 15) is 14.0 Å². The summed E-state index contributed by atoms with van der Waals surface area (Å²) < 4.78 is 20.2. The Labute approximate surface area is 183 Å². The van der Waals surface area contributed by atoms with Crippen LogP contribution >= 0.6 is 0 Å². The van der Waals surface area contributed by atoms with Crippen LogP contribution in [0.5, 0.6) is 5.75 Å². The van der Waals surface area contributed by atoms with Gasteiger partial charge < -0.3 is 19.9 Å². The lowest BCUT2D eigenvalue weighted by molar-refractivity contribution is -0.130. The van der Waals surface area contributed by atoms with Gasteiger partial charge in [0.15, 0.2) is 6.61 Å². The van der Waals surface area contributed by atoms with E-state index < -0.39 is 0 Å². The molecule has 1 fully saturated rings. The van der Waals surface area contributed by atoms with Gasteiger partial charge in [0.1, 0.15) is 11.6 Å². The zero-order valence-corrected chi connectivity index (χ0v) is 18.4. The lowest BCUT2D eigenvalue weighted by Crippen LogP contribution is -2.33. The SMILES string of the molecule is CN(C)C(=O)COc1cccc(C(=O)Nc2ccc(N(C)C3CCCCC3)c(F)c2)c1. The van der Waals surface area contributed by atoms with Gasteiger partial charge in [-0.2, -0.15) is 0 Å². The third-order valence-electron chi connectivity index (χ3n) is 5.67. The van der Waals surface area contributed by atoms with Crippen molar-refractivity contribution in [1.29, 1.82) is 0 Å². The molecule has 1 N–H and O–H groups in total. The van der Waals surface area contributed by atoms with Gasteiger partial charge in [-0.25, -0.2) is 4.39 Å². The zero-order chi connectivity index (χ0) is 22.4. The number of benzene rings is 2. The van der Waals surface area contributed by atoms with E-state index in [2.05, 4.69) is 5.32 Å². The van der Waals surface area contributed by atoms with E-state index in [-0.39, 0.29) is 24.2 Å². The summed E-state index contributed by atoms with van der Waals surface area (Å²) in [7, 11) is 5.22. The van der Waals surface area contributed by atoms with Gasteiger partial charge in [-0.05, 0) is 49.2 Å². The van der Waals surface area contributed by atoms with E-state index >= 15 is 0 Å². The van der Waals surface area contributed by atoms with Crippen LogP contribution in [0.15, 0.2) is 42.5 Å². The first-order chi connectivity index (χ1) is 14.8. The largest absolute Gasteiger partial charge is 0.484 e. The van der Waals surface area contributed by atoms with Gasteiger partial charge in [0.2, 0.25) is 0 Å². The maximum absolute atomic E-state index is 14.8. The summed E-state index contributed by atoms with van der Waals surface area (Å²) in [5, 5.41) is 2.73. The molecule has 3 rings (SSSR count). The molecule has 2 amide bonds. The molecule has 0 aliphatic heterocycles. The number of nitrogens with zero attached hydrogens (tertiary/aromatic N) is 2. The number of amides is 2. The van der Waals surface area contributed by atoms with Crippen molar-refractivity contribution in [2.45, 2.75) is 38.1 Å². The molecule has 0 aromatic heterocycles. The van der Waals surface area contributed by atoms with Crippen LogP contribution < -0.4 is 15.0 Å². The van der Waals surface area contributed by atoms with Crippen molar-refractivity contribution in [3.05, 3.63) is 53.8 Å².